The predicted octanol–water partition coefficient (Wildman–Crippen LogP) is 1.33. The third-order valence-corrected chi connectivity index (χ3v) is 4.25. The number of anilines is 2. The number of nitrogens with zero attached hydrogens (tertiary/aromatic N) is 2. The summed E-state index contributed by atoms with van der Waals surface area (Å²) in [4.78, 5) is 33.3. The average Bonchev–Trinajstić information content (AvgIpc) is 2.81. The minimum atomic E-state index is -0.673. The van der Waals surface area contributed by atoms with E-state index in [1.165, 1.54) is 6.20 Å². The molecule has 3 rings (SSSR count). The van der Waals surface area contributed by atoms with E-state index in [9.17, 15) is 9.59 Å². The first-order valence-corrected chi connectivity index (χ1v) is 6.93. The third kappa shape index (κ3) is 2.05. The topological polar surface area (TPSA) is 112 Å². The molecule has 4 N–H and O–H groups in total. The number of nitrogens with two attached hydrogens (primary N) is 2. The molecule has 1 aliphatic rings. The van der Waals surface area contributed by atoms with Gasteiger partial charge in [-0.05, 0) is 25.0 Å². The van der Waals surface area contributed by atoms with Gasteiger partial charge in [-0.2, -0.15) is 0 Å². The van der Waals surface area contributed by atoms with Crippen molar-refractivity contribution in [2.24, 2.45) is 5.92 Å². The van der Waals surface area contributed by atoms with E-state index in [0.717, 1.165) is 11.3 Å². The van der Waals surface area contributed by atoms with Crippen LogP contribution in [-0.2, 0) is 6.42 Å². The number of ketones is 2. The van der Waals surface area contributed by atoms with Crippen LogP contribution in [0.3, 0.4) is 0 Å². The van der Waals surface area contributed by atoms with Crippen molar-refractivity contribution in [1.29, 1.82) is 0 Å². The summed E-state index contributed by atoms with van der Waals surface area (Å²) in [6.45, 7) is 0. The lowest BCUT2D eigenvalue weighted by atomic mass is 9.84. The van der Waals surface area contributed by atoms with Gasteiger partial charge in [0.15, 0.2) is 16.7 Å². The van der Waals surface area contributed by atoms with Gasteiger partial charge in [-0.1, -0.05) is 11.3 Å². The van der Waals surface area contributed by atoms with Gasteiger partial charge in [0.1, 0.15) is 5.82 Å². The maximum atomic E-state index is 12.4. The number of hydrogen-bond acceptors (Lipinski definition) is 7. The lowest BCUT2D eigenvalue weighted by Gasteiger charge is -2.18. The van der Waals surface area contributed by atoms with Gasteiger partial charge in [0.25, 0.3) is 0 Å². The Balaban J connectivity index is 1.90. The van der Waals surface area contributed by atoms with Gasteiger partial charge < -0.3 is 11.5 Å². The molecule has 0 spiro atoms. The fourth-order valence-electron chi connectivity index (χ4n) is 2.30. The summed E-state index contributed by atoms with van der Waals surface area (Å²) in [5, 5.41) is 0.366. The number of hydrogen-bond donors (Lipinski definition) is 2. The van der Waals surface area contributed by atoms with Crippen LogP contribution in [0.1, 0.15) is 32.1 Å². The Morgan fingerprint density at radius 2 is 2.15 bits per heavy atom. The second-order valence-electron chi connectivity index (χ2n) is 4.62. The number of nitrogen functional groups attached to an aromatic ring is 2. The molecular formula is C13H12N4O2S. The molecule has 2 aromatic heterocycles. The van der Waals surface area contributed by atoms with Crippen LogP contribution in [0.4, 0.5) is 10.9 Å². The highest BCUT2D eigenvalue weighted by molar-refractivity contribution is 7.17. The quantitative estimate of drug-likeness (QED) is 0.637. The molecule has 0 radical (unpaired) electrons. The standard InChI is InChI=1S/C13H12N4O2S/c14-9-4-1-6(5-16-9)10(18)7-2-3-8-12(11(7)19)20-13(15)17-8/h1,4-5,7H,2-3H2,(H2,14,16)(H2,15,17). The van der Waals surface area contributed by atoms with Crippen molar-refractivity contribution >= 4 is 33.9 Å². The van der Waals surface area contributed by atoms with Gasteiger partial charge in [0.2, 0.25) is 0 Å². The Labute approximate surface area is 118 Å². The molecule has 102 valence electrons. The third-order valence-electron chi connectivity index (χ3n) is 3.31. The Kier molecular flexibility index (Phi) is 2.98. The predicted molar refractivity (Wildman–Crippen MR) is 75.6 cm³/mol. The minimum Gasteiger partial charge on any atom is -0.384 e. The smallest absolute Gasteiger partial charge is 0.185 e. The molecule has 7 heteroatoms. The van der Waals surface area contributed by atoms with E-state index in [0.29, 0.717) is 39.9 Å². The van der Waals surface area contributed by atoms with Gasteiger partial charge in [-0.3, -0.25) is 9.59 Å². The summed E-state index contributed by atoms with van der Waals surface area (Å²) in [7, 11) is 0. The van der Waals surface area contributed by atoms with Crippen molar-refractivity contribution < 1.29 is 9.59 Å². The second kappa shape index (κ2) is 4.68. The molecule has 1 atom stereocenters. The summed E-state index contributed by atoms with van der Waals surface area (Å²) < 4.78 is 0. The lowest BCUT2D eigenvalue weighted by molar-refractivity contribution is 0.0793. The summed E-state index contributed by atoms with van der Waals surface area (Å²) in [5.74, 6) is -0.746. The molecule has 0 bridgehead atoms. The summed E-state index contributed by atoms with van der Waals surface area (Å²) in [5.41, 5.74) is 12.2. The number of fused-ring (bicyclic) bond motifs is 1. The maximum absolute atomic E-state index is 12.4. The van der Waals surface area contributed by atoms with Crippen molar-refractivity contribution in [1.82, 2.24) is 9.97 Å². The molecule has 0 saturated carbocycles. The molecule has 20 heavy (non-hydrogen) atoms. The van der Waals surface area contributed by atoms with Crippen molar-refractivity contribution in [3.05, 3.63) is 34.5 Å². The molecule has 6 nitrogen and oxygen atoms in total. The molecule has 2 heterocycles. The molecule has 0 fully saturated rings. The number of aryl methyl sites for hydroxylation is 1. The molecule has 0 amide bonds. The maximum Gasteiger partial charge on any atom is 0.185 e. The number of pyridine rings is 1. The van der Waals surface area contributed by atoms with Gasteiger partial charge in [-0.15, -0.1) is 0 Å². The molecule has 1 aliphatic carbocycles. The molecule has 0 saturated heterocycles. The van der Waals surface area contributed by atoms with Crippen LogP contribution in [-0.4, -0.2) is 21.5 Å². The summed E-state index contributed by atoms with van der Waals surface area (Å²) >= 11 is 1.15. The van der Waals surface area contributed by atoms with Gasteiger partial charge >= 0.3 is 0 Å². The molecule has 0 aromatic carbocycles. The SMILES string of the molecule is Nc1ccc(C(=O)C2CCc3nc(N)sc3C2=O)cn1. The van der Waals surface area contributed by atoms with Crippen LogP contribution in [0.15, 0.2) is 18.3 Å². The zero-order valence-electron chi connectivity index (χ0n) is 10.5. The average molecular weight is 288 g/mol. The highest BCUT2D eigenvalue weighted by atomic mass is 32.1. The second-order valence-corrected chi connectivity index (χ2v) is 5.65. The number of aromatic nitrogens is 2. The molecule has 1 unspecified atom stereocenters. The van der Waals surface area contributed by atoms with E-state index >= 15 is 0 Å². The van der Waals surface area contributed by atoms with E-state index in [4.69, 9.17) is 11.5 Å². The van der Waals surface area contributed by atoms with Crippen LogP contribution >= 0.6 is 11.3 Å². The first kappa shape index (κ1) is 12.7. The van der Waals surface area contributed by atoms with Gasteiger partial charge in [-0.25, -0.2) is 9.97 Å². The van der Waals surface area contributed by atoms with Crippen molar-refractivity contribution in [3.8, 4) is 0 Å². The van der Waals surface area contributed by atoms with Gasteiger partial charge in [0.05, 0.1) is 16.5 Å². The fraction of sp³-hybridized carbons (Fsp3) is 0.231. The number of carbonyl (C=O) groups excluding carboxylic acids is 2. The number of rotatable bonds is 2. The minimum absolute atomic E-state index is 0.192. The highest BCUT2D eigenvalue weighted by Gasteiger charge is 2.35. The Bertz CT molecular complexity index is 693. The largest absolute Gasteiger partial charge is 0.384 e. The van der Waals surface area contributed by atoms with Crippen LogP contribution in [0, 0.1) is 5.92 Å². The van der Waals surface area contributed by atoms with E-state index in [2.05, 4.69) is 9.97 Å². The van der Waals surface area contributed by atoms with Crippen molar-refractivity contribution in [3.63, 3.8) is 0 Å². The van der Waals surface area contributed by atoms with Crippen molar-refractivity contribution in [2.45, 2.75) is 12.8 Å². The molecule has 0 aliphatic heterocycles. The van der Waals surface area contributed by atoms with Crippen LogP contribution in [0.5, 0.6) is 0 Å². The highest BCUT2D eigenvalue weighted by Crippen LogP contribution is 2.32. The zero-order chi connectivity index (χ0) is 14.3. The fourth-order valence-corrected chi connectivity index (χ4v) is 3.18. The van der Waals surface area contributed by atoms with E-state index in [1.54, 1.807) is 12.1 Å². The number of thiazole rings is 1. The summed E-state index contributed by atoms with van der Waals surface area (Å²) in [6.07, 6.45) is 2.45. The van der Waals surface area contributed by atoms with Crippen LogP contribution < -0.4 is 11.5 Å². The normalized spacial score (nSPS) is 17.8. The lowest BCUT2D eigenvalue weighted by Crippen LogP contribution is -2.28. The van der Waals surface area contributed by atoms with Crippen LogP contribution in [0.2, 0.25) is 0 Å². The Morgan fingerprint density at radius 3 is 2.85 bits per heavy atom. The summed E-state index contributed by atoms with van der Waals surface area (Å²) in [6, 6.07) is 3.14. The molecule has 2 aromatic rings. The Hall–Kier alpha value is -2.28. The first-order valence-electron chi connectivity index (χ1n) is 6.11. The monoisotopic (exact) mass is 288 g/mol. The van der Waals surface area contributed by atoms with E-state index < -0.39 is 5.92 Å². The number of Topliss-reactive ketones (excluding diaryl/α,β-unsaturated/α-hetero) is 2. The van der Waals surface area contributed by atoms with E-state index in [-0.39, 0.29) is 11.6 Å². The first-order chi connectivity index (χ1) is 9.56. The van der Waals surface area contributed by atoms with E-state index in [1.807, 2.05) is 0 Å². The van der Waals surface area contributed by atoms with Crippen LogP contribution in [0.25, 0.3) is 0 Å². The van der Waals surface area contributed by atoms with Gasteiger partial charge in [0, 0.05) is 11.8 Å². The number of carbonyl (C=O) groups is 2. The van der Waals surface area contributed by atoms with Crippen molar-refractivity contribution in [2.75, 3.05) is 11.5 Å². The zero-order valence-corrected chi connectivity index (χ0v) is 11.3. The molecular weight excluding hydrogens is 276 g/mol. The Morgan fingerprint density at radius 1 is 1.35 bits per heavy atom.